The molecule has 0 spiro atoms. The molecule has 9 aromatic carbocycles. The van der Waals surface area contributed by atoms with E-state index in [-0.39, 0.29) is 13.4 Å². The molecule has 4 aliphatic heterocycles. The van der Waals surface area contributed by atoms with E-state index in [1.807, 2.05) is 0 Å². The fourth-order valence-corrected chi connectivity index (χ4v) is 14.5. The number of rotatable bonds is 6. The summed E-state index contributed by atoms with van der Waals surface area (Å²) in [5.74, 6) is 1.89. The Balaban J connectivity index is 0.982. The van der Waals surface area contributed by atoms with E-state index in [1.54, 1.807) is 0 Å². The number of nitrogens with zero attached hydrogens (tertiary/aromatic N) is 4. The minimum absolute atomic E-state index is 0.0666. The van der Waals surface area contributed by atoms with Gasteiger partial charge in [-0.05, 0) is 119 Å². The van der Waals surface area contributed by atoms with E-state index in [1.165, 1.54) is 131 Å². The summed E-state index contributed by atoms with van der Waals surface area (Å²) in [6.45, 7) is -0.167. The SMILES string of the molecule is c1ccc(N2c3ccccc3B3c4cc5c(cc4Oc4cc(N(C6CCCCC6)C6CCCCC6)cc2c43)N(c2ccccc2)c2cc3oc4ccccc4c3c3c2B5c2ccccc2N3c2ccccc2)cc1. The Labute approximate surface area is 433 Å². The van der Waals surface area contributed by atoms with Gasteiger partial charge in [-0.1, -0.05) is 154 Å². The van der Waals surface area contributed by atoms with Gasteiger partial charge in [-0.25, -0.2) is 0 Å². The van der Waals surface area contributed by atoms with Crippen molar-refractivity contribution >= 4 is 125 Å². The third-order valence-corrected chi connectivity index (χ3v) is 17.5. The van der Waals surface area contributed by atoms with Gasteiger partial charge in [-0.2, -0.15) is 0 Å². The third kappa shape index (κ3) is 6.27. The lowest BCUT2D eigenvalue weighted by Gasteiger charge is -2.46. The summed E-state index contributed by atoms with van der Waals surface area (Å²) in [7, 11) is 0. The highest BCUT2D eigenvalue weighted by Crippen LogP contribution is 2.51. The second kappa shape index (κ2) is 16.7. The molecule has 10 aromatic rings. The van der Waals surface area contributed by atoms with Crippen LogP contribution in [0.25, 0.3) is 21.9 Å². The number of hydrogen-bond donors (Lipinski definition) is 0. The van der Waals surface area contributed by atoms with Crippen molar-refractivity contribution in [1.29, 1.82) is 0 Å². The van der Waals surface area contributed by atoms with Crippen LogP contribution >= 0.6 is 0 Å². The predicted octanol–water partition coefficient (Wildman–Crippen LogP) is 13.5. The Morgan fingerprint density at radius 2 is 0.919 bits per heavy atom. The average molecular weight is 957 g/mol. The standard InChI is InChI=1S/C66H54B2N4O2/c1-6-22-43(23-7-1)69(44-24-8-2-9-25-44)48-38-57-64-62(39-48)74-60-41-56-52(40-53(60)68(64)50-33-17-19-35-54(50)70(57)45-26-10-3-11-27-45)67-51-34-18-20-36-55(51)72(47-30-14-5-15-31-47)66-63-49-32-16-21-37-59(49)73-61(63)42-58(65(66)67)71(56)46-28-12-4-13-29-46/h3-5,10-21,26-44H,1-2,6-9,22-25H2. The van der Waals surface area contributed by atoms with Crippen molar-refractivity contribution in [1.82, 2.24) is 0 Å². The largest absolute Gasteiger partial charge is 0.458 e. The van der Waals surface area contributed by atoms with Gasteiger partial charge in [0.15, 0.2) is 0 Å². The van der Waals surface area contributed by atoms with Crippen molar-refractivity contribution in [2.75, 3.05) is 19.6 Å². The van der Waals surface area contributed by atoms with E-state index in [0.717, 1.165) is 56.2 Å². The van der Waals surface area contributed by atoms with E-state index >= 15 is 0 Å². The highest BCUT2D eigenvalue weighted by molar-refractivity contribution is 7.02. The number of para-hydroxylation sites is 6. The van der Waals surface area contributed by atoms with Crippen LogP contribution in [0.2, 0.25) is 0 Å². The molecule has 2 fully saturated rings. The highest BCUT2D eigenvalue weighted by Gasteiger charge is 2.49. The molecular formula is C66H54B2N4O2. The smallest absolute Gasteiger partial charge is 0.256 e. The number of furan rings is 1. The van der Waals surface area contributed by atoms with Gasteiger partial charge in [-0.3, -0.25) is 0 Å². The molecule has 2 aliphatic carbocycles. The molecule has 16 rings (SSSR count). The molecule has 2 saturated carbocycles. The van der Waals surface area contributed by atoms with E-state index < -0.39 is 0 Å². The minimum atomic E-state index is -0.100. The van der Waals surface area contributed by atoms with Crippen LogP contribution in [-0.2, 0) is 0 Å². The lowest BCUT2D eigenvalue weighted by Crippen LogP contribution is -2.64. The normalized spacial score (nSPS) is 16.5. The molecule has 0 radical (unpaired) electrons. The van der Waals surface area contributed by atoms with Crippen LogP contribution in [0.5, 0.6) is 11.5 Å². The first-order valence-electron chi connectivity index (χ1n) is 27.3. The summed E-state index contributed by atoms with van der Waals surface area (Å²) in [5.41, 5.74) is 21.0. The molecule has 0 saturated heterocycles. The fourth-order valence-electron chi connectivity index (χ4n) is 14.5. The summed E-state index contributed by atoms with van der Waals surface area (Å²) in [6.07, 6.45) is 12.9. The van der Waals surface area contributed by atoms with Crippen LogP contribution in [0.1, 0.15) is 64.2 Å². The maximum Gasteiger partial charge on any atom is 0.256 e. The first-order chi connectivity index (χ1) is 36.7. The second-order valence-corrected chi connectivity index (χ2v) is 21.5. The number of ether oxygens (including phenoxy) is 1. The van der Waals surface area contributed by atoms with Gasteiger partial charge in [0.1, 0.15) is 22.7 Å². The summed E-state index contributed by atoms with van der Waals surface area (Å²) in [5, 5.41) is 2.25. The molecule has 6 aliphatic rings. The first kappa shape index (κ1) is 42.4. The molecule has 5 heterocycles. The fraction of sp³-hybridized carbons (Fsp3) is 0.182. The van der Waals surface area contributed by atoms with Crippen molar-refractivity contribution in [3.05, 3.63) is 194 Å². The Morgan fingerprint density at radius 1 is 0.392 bits per heavy atom. The average Bonchev–Trinajstić information content (AvgIpc) is 3.86. The van der Waals surface area contributed by atoms with Crippen LogP contribution in [-0.4, -0.2) is 25.5 Å². The van der Waals surface area contributed by atoms with Gasteiger partial charge < -0.3 is 28.8 Å². The Kier molecular flexibility index (Phi) is 9.59. The number of benzene rings is 9. The number of hydrogen-bond acceptors (Lipinski definition) is 6. The van der Waals surface area contributed by atoms with Crippen LogP contribution in [0, 0.1) is 0 Å². The summed E-state index contributed by atoms with van der Waals surface area (Å²) < 4.78 is 14.6. The molecule has 1 aromatic heterocycles. The van der Waals surface area contributed by atoms with Crippen LogP contribution in [0.15, 0.2) is 199 Å². The van der Waals surface area contributed by atoms with Gasteiger partial charge in [0, 0.05) is 86.9 Å². The third-order valence-electron chi connectivity index (χ3n) is 17.5. The van der Waals surface area contributed by atoms with E-state index in [2.05, 4.69) is 214 Å². The van der Waals surface area contributed by atoms with Crippen molar-refractivity contribution in [3.8, 4) is 11.5 Å². The Bertz CT molecular complexity index is 3830. The molecule has 74 heavy (non-hydrogen) atoms. The zero-order valence-corrected chi connectivity index (χ0v) is 41.5. The Hall–Kier alpha value is -8.09. The number of fused-ring (bicyclic) bond motifs is 12. The van der Waals surface area contributed by atoms with Gasteiger partial charge >= 0.3 is 0 Å². The quantitative estimate of drug-likeness (QED) is 0.155. The van der Waals surface area contributed by atoms with Gasteiger partial charge in [-0.15, -0.1) is 0 Å². The van der Waals surface area contributed by atoms with E-state index in [4.69, 9.17) is 9.15 Å². The topological polar surface area (TPSA) is 35.3 Å². The Morgan fingerprint density at radius 3 is 1.57 bits per heavy atom. The second-order valence-electron chi connectivity index (χ2n) is 21.5. The molecule has 8 heteroatoms. The van der Waals surface area contributed by atoms with Crippen molar-refractivity contribution in [2.45, 2.75) is 76.3 Å². The molecule has 6 nitrogen and oxygen atoms in total. The molecule has 0 bridgehead atoms. The lowest BCUT2D eigenvalue weighted by molar-refractivity contribution is 0.339. The minimum Gasteiger partial charge on any atom is -0.458 e. The molecular weight excluding hydrogens is 902 g/mol. The van der Waals surface area contributed by atoms with Crippen molar-refractivity contribution in [3.63, 3.8) is 0 Å². The maximum absolute atomic E-state index is 7.68. The van der Waals surface area contributed by atoms with E-state index in [9.17, 15) is 0 Å². The van der Waals surface area contributed by atoms with Crippen LogP contribution < -0.4 is 57.1 Å². The van der Waals surface area contributed by atoms with Crippen LogP contribution in [0.4, 0.5) is 56.9 Å². The van der Waals surface area contributed by atoms with Crippen molar-refractivity contribution < 1.29 is 9.15 Å². The van der Waals surface area contributed by atoms with E-state index in [0.29, 0.717) is 12.1 Å². The molecule has 0 N–H and O–H groups in total. The monoisotopic (exact) mass is 956 g/mol. The molecule has 0 unspecified atom stereocenters. The zero-order valence-electron chi connectivity index (χ0n) is 41.5. The first-order valence-corrected chi connectivity index (χ1v) is 27.3. The predicted molar refractivity (Wildman–Crippen MR) is 310 cm³/mol. The summed E-state index contributed by atoms with van der Waals surface area (Å²) in [4.78, 5) is 10.4. The molecule has 0 atom stereocenters. The van der Waals surface area contributed by atoms with Gasteiger partial charge in [0.25, 0.3) is 13.4 Å². The molecule has 0 amide bonds. The molecule has 356 valence electrons. The number of anilines is 10. The maximum atomic E-state index is 7.68. The lowest BCUT2D eigenvalue weighted by atomic mass is 9.30. The van der Waals surface area contributed by atoms with Gasteiger partial charge in [0.2, 0.25) is 0 Å². The zero-order chi connectivity index (χ0) is 48.4. The van der Waals surface area contributed by atoms with Crippen molar-refractivity contribution in [2.24, 2.45) is 0 Å². The highest BCUT2D eigenvalue weighted by atomic mass is 16.5. The van der Waals surface area contributed by atoms with Gasteiger partial charge in [0.05, 0.1) is 11.1 Å². The summed E-state index contributed by atoms with van der Waals surface area (Å²) in [6, 6.07) is 73.1. The van der Waals surface area contributed by atoms with Crippen LogP contribution in [0.3, 0.4) is 0 Å². The summed E-state index contributed by atoms with van der Waals surface area (Å²) >= 11 is 0.